The van der Waals surface area contributed by atoms with Gasteiger partial charge in [0.25, 0.3) is 5.91 Å². The molecule has 0 bridgehead atoms. The van der Waals surface area contributed by atoms with E-state index in [4.69, 9.17) is 4.74 Å². The molecule has 5 heteroatoms. The molecule has 0 aromatic heterocycles. The fourth-order valence-electron chi connectivity index (χ4n) is 2.48. The number of amides is 1. The number of para-hydroxylation sites is 1. The van der Waals surface area contributed by atoms with Gasteiger partial charge in [0.2, 0.25) is 0 Å². The van der Waals surface area contributed by atoms with Crippen LogP contribution in [0.15, 0.2) is 54.6 Å². The topological polar surface area (TPSA) is 50.4 Å². The van der Waals surface area contributed by atoms with Gasteiger partial charge in [-0.2, -0.15) is 0 Å². The van der Waals surface area contributed by atoms with Crippen molar-refractivity contribution in [3.63, 3.8) is 0 Å². The summed E-state index contributed by atoms with van der Waals surface area (Å²) >= 11 is 0. The van der Waals surface area contributed by atoms with Crippen LogP contribution in [0.1, 0.15) is 17.5 Å². The van der Waals surface area contributed by atoms with E-state index in [2.05, 4.69) is 16.9 Å². The molecule has 0 unspecified atom stereocenters. The number of nitrogens with one attached hydrogen (secondary N) is 2. The number of aryl methyl sites for hydroxylation is 1. The molecule has 1 aliphatic rings. The Morgan fingerprint density at radius 1 is 1.13 bits per heavy atom. The summed E-state index contributed by atoms with van der Waals surface area (Å²) < 4.78 is 18.6. The molecule has 23 heavy (non-hydrogen) atoms. The van der Waals surface area contributed by atoms with Crippen molar-refractivity contribution in [3.8, 4) is 5.75 Å². The molecule has 0 aliphatic heterocycles. The first-order valence-corrected chi connectivity index (χ1v) is 7.44. The lowest BCUT2D eigenvalue weighted by atomic mass is 9.95. The van der Waals surface area contributed by atoms with Gasteiger partial charge in [-0.05, 0) is 30.5 Å². The number of benzene rings is 2. The summed E-state index contributed by atoms with van der Waals surface area (Å²) in [5.74, 6) is -0.806. The Morgan fingerprint density at radius 2 is 1.91 bits per heavy atom. The molecule has 2 aromatic rings. The molecule has 0 saturated heterocycles. The molecule has 1 aliphatic carbocycles. The first-order valence-electron chi connectivity index (χ1n) is 7.44. The highest BCUT2D eigenvalue weighted by molar-refractivity contribution is 5.79. The number of allylic oxidation sites excluding steroid dienone is 1. The van der Waals surface area contributed by atoms with Crippen LogP contribution in [-0.4, -0.2) is 12.5 Å². The largest absolute Gasteiger partial charge is 0.481 e. The molecular weight excluding hydrogens is 295 g/mol. The molecule has 0 fully saturated rings. The van der Waals surface area contributed by atoms with Crippen LogP contribution in [0.5, 0.6) is 5.75 Å². The Bertz CT molecular complexity index is 743. The SMILES string of the molecule is O=C(COc1ccccc1F)NNC1=CCCc2ccccc21. The summed E-state index contributed by atoms with van der Waals surface area (Å²) in [5.41, 5.74) is 8.68. The molecule has 4 nitrogen and oxygen atoms in total. The Labute approximate surface area is 133 Å². The molecule has 3 rings (SSSR count). The Hall–Kier alpha value is -2.82. The number of hydrogen-bond donors (Lipinski definition) is 2. The normalized spacial score (nSPS) is 12.8. The summed E-state index contributed by atoms with van der Waals surface area (Å²) in [5, 5.41) is 0. The van der Waals surface area contributed by atoms with E-state index in [9.17, 15) is 9.18 Å². The number of halogens is 1. The molecule has 1 amide bonds. The van der Waals surface area contributed by atoms with Crippen molar-refractivity contribution >= 4 is 11.6 Å². The highest BCUT2D eigenvalue weighted by atomic mass is 19.1. The van der Waals surface area contributed by atoms with Crippen LogP contribution in [0.25, 0.3) is 5.70 Å². The third-order valence-corrected chi connectivity index (χ3v) is 3.60. The van der Waals surface area contributed by atoms with Gasteiger partial charge in [0.05, 0.1) is 5.70 Å². The fourth-order valence-corrected chi connectivity index (χ4v) is 2.48. The number of ether oxygens (including phenoxy) is 1. The highest BCUT2D eigenvalue weighted by Crippen LogP contribution is 2.23. The number of fused-ring (bicyclic) bond motifs is 1. The van der Waals surface area contributed by atoms with Gasteiger partial charge in [-0.3, -0.25) is 15.6 Å². The molecule has 0 heterocycles. The van der Waals surface area contributed by atoms with Gasteiger partial charge >= 0.3 is 0 Å². The molecule has 0 radical (unpaired) electrons. The molecule has 0 spiro atoms. The molecule has 2 N–H and O–H groups in total. The average Bonchev–Trinajstić information content (AvgIpc) is 2.59. The molecular formula is C18H17FN2O2. The van der Waals surface area contributed by atoms with Gasteiger partial charge in [-0.25, -0.2) is 4.39 Å². The number of hydrogen-bond acceptors (Lipinski definition) is 3. The third kappa shape index (κ3) is 3.69. The van der Waals surface area contributed by atoms with Crippen LogP contribution in [0.2, 0.25) is 0 Å². The lowest BCUT2D eigenvalue weighted by Gasteiger charge is -2.19. The zero-order valence-electron chi connectivity index (χ0n) is 12.5. The van der Waals surface area contributed by atoms with Crippen molar-refractivity contribution in [2.24, 2.45) is 0 Å². The van der Waals surface area contributed by atoms with E-state index in [1.807, 2.05) is 24.3 Å². The predicted molar refractivity (Wildman–Crippen MR) is 85.9 cm³/mol. The van der Waals surface area contributed by atoms with Crippen LogP contribution >= 0.6 is 0 Å². The van der Waals surface area contributed by atoms with Gasteiger partial charge in [0, 0.05) is 5.56 Å². The van der Waals surface area contributed by atoms with E-state index < -0.39 is 5.82 Å². The summed E-state index contributed by atoms with van der Waals surface area (Å²) in [6.45, 7) is -0.261. The fraction of sp³-hybridized carbons (Fsp3) is 0.167. The van der Waals surface area contributed by atoms with E-state index in [0.29, 0.717) is 0 Å². The molecule has 2 aromatic carbocycles. The van der Waals surface area contributed by atoms with Crippen LogP contribution in [0.4, 0.5) is 4.39 Å². The van der Waals surface area contributed by atoms with Crippen molar-refractivity contribution in [3.05, 3.63) is 71.6 Å². The Balaban J connectivity index is 1.54. The van der Waals surface area contributed by atoms with Crippen LogP contribution in [-0.2, 0) is 11.2 Å². The summed E-state index contributed by atoms with van der Waals surface area (Å²) in [7, 11) is 0. The quantitative estimate of drug-likeness (QED) is 0.835. The molecule has 0 saturated carbocycles. The van der Waals surface area contributed by atoms with Crippen LogP contribution < -0.4 is 15.6 Å². The highest BCUT2D eigenvalue weighted by Gasteiger charge is 2.12. The lowest BCUT2D eigenvalue weighted by molar-refractivity contribution is -0.123. The van der Waals surface area contributed by atoms with E-state index in [1.165, 1.54) is 17.7 Å². The number of hydrazine groups is 1. The monoisotopic (exact) mass is 312 g/mol. The van der Waals surface area contributed by atoms with Gasteiger partial charge in [0.15, 0.2) is 18.2 Å². The first-order chi connectivity index (χ1) is 11.2. The zero-order valence-corrected chi connectivity index (χ0v) is 12.5. The van der Waals surface area contributed by atoms with Crippen molar-refractivity contribution in [2.45, 2.75) is 12.8 Å². The van der Waals surface area contributed by atoms with E-state index in [1.54, 1.807) is 12.1 Å². The van der Waals surface area contributed by atoms with Crippen LogP contribution in [0.3, 0.4) is 0 Å². The van der Waals surface area contributed by atoms with Gasteiger partial charge in [-0.1, -0.05) is 42.5 Å². The molecule has 0 atom stereocenters. The summed E-state index contributed by atoms with van der Waals surface area (Å²) in [4.78, 5) is 11.8. The van der Waals surface area contributed by atoms with E-state index in [-0.39, 0.29) is 18.3 Å². The lowest BCUT2D eigenvalue weighted by Crippen LogP contribution is -2.39. The minimum Gasteiger partial charge on any atom is -0.481 e. The summed E-state index contributed by atoms with van der Waals surface area (Å²) in [6, 6.07) is 14.0. The average molecular weight is 312 g/mol. The van der Waals surface area contributed by atoms with Crippen molar-refractivity contribution in [1.82, 2.24) is 10.9 Å². The Morgan fingerprint density at radius 3 is 2.78 bits per heavy atom. The smallest absolute Gasteiger partial charge is 0.276 e. The first kappa shape index (κ1) is 15.1. The maximum Gasteiger partial charge on any atom is 0.276 e. The summed E-state index contributed by atoms with van der Waals surface area (Å²) in [6.07, 6.45) is 3.95. The maximum atomic E-state index is 13.4. The van der Waals surface area contributed by atoms with Gasteiger partial charge in [0.1, 0.15) is 0 Å². The zero-order chi connectivity index (χ0) is 16.1. The minimum atomic E-state index is -0.489. The second kappa shape index (κ2) is 6.96. The van der Waals surface area contributed by atoms with Crippen molar-refractivity contribution in [1.29, 1.82) is 0 Å². The molecule has 118 valence electrons. The minimum absolute atomic E-state index is 0.0601. The van der Waals surface area contributed by atoms with Crippen LogP contribution in [0, 0.1) is 5.82 Å². The second-order valence-corrected chi connectivity index (χ2v) is 5.21. The second-order valence-electron chi connectivity index (χ2n) is 5.21. The van der Waals surface area contributed by atoms with Gasteiger partial charge < -0.3 is 4.74 Å². The van der Waals surface area contributed by atoms with Crippen molar-refractivity contribution < 1.29 is 13.9 Å². The Kier molecular flexibility index (Phi) is 4.57. The number of carbonyl (C=O) groups excluding carboxylic acids is 1. The van der Waals surface area contributed by atoms with Crippen molar-refractivity contribution in [2.75, 3.05) is 6.61 Å². The standard InChI is InChI=1S/C18H17FN2O2/c19-15-9-3-4-11-17(15)23-12-18(22)21-20-16-10-5-7-13-6-1-2-8-14(13)16/h1-4,6,8-11,20H,5,7,12H2,(H,21,22). The number of carbonyl (C=O) groups is 1. The maximum absolute atomic E-state index is 13.4. The van der Waals surface area contributed by atoms with E-state index >= 15 is 0 Å². The van der Waals surface area contributed by atoms with Gasteiger partial charge in [-0.15, -0.1) is 0 Å². The number of rotatable bonds is 5. The third-order valence-electron chi connectivity index (χ3n) is 3.60. The van der Waals surface area contributed by atoms with E-state index in [0.717, 1.165) is 24.1 Å². The predicted octanol–water partition coefficient (Wildman–Crippen LogP) is 2.81.